The van der Waals surface area contributed by atoms with Crippen molar-refractivity contribution in [3.8, 4) is 11.1 Å². The largest absolute Gasteiger partial charge is 0.396 e. The van der Waals surface area contributed by atoms with E-state index in [1.807, 2.05) is 36.1 Å². The van der Waals surface area contributed by atoms with Gasteiger partial charge in [0.2, 0.25) is 15.9 Å². The number of anilines is 2. The fourth-order valence-electron chi connectivity index (χ4n) is 4.89. The number of nitrogens with zero attached hydrogens (tertiary/aromatic N) is 3. The summed E-state index contributed by atoms with van der Waals surface area (Å²) in [5, 5.41) is 0. The van der Waals surface area contributed by atoms with Crippen LogP contribution in [0.5, 0.6) is 0 Å². The number of nitrogens with one attached hydrogen (secondary N) is 1. The van der Waals surface area contributed by atoms with Crippen molar-refractivity contribution in [1.29, 1.82) is 0 Å². The van der Waals surface area contributed by atoms with Crippen molar-refractivity contribution >= 4 is 27.4 Å². The first-order chi connectivity index (χ1) is 17.1. The minimum absolute atomic E-state index is 0.0488. The molecule has 1 aromatic heterocycles. The van der Waals surface area contributed by atoms with Gasteiger partial charge >= 0.3 is 0 Å². The summed E-state index contributed by atoms with van der Waals surface area (Å²) >= 11 is 0. The fraction of sp³-hybridized carbons (Fsp3) is 0.538. The lowest BCUT2D eigenvalue weighted by molar-refractivity contribution is -0.134. The van der Waals surface area contributed by atoms with Gasteiger partial charge < -0.3 is 20.3 Å². The zero-order valence-electron chi connectivity index (χ0n) is 21.6. The Balaban J connectivity index is 1.62. The molecule has 2 aromatic rings. The summed E-state index contributed by atoms with van der Waals surface area (Å²) in [4.78, 5) is 21.8. The molecule has 1 aliphatic heterocycles. The molecule has 1 aromatic carbocycles. The average molecular weight is 516 g/mol. The van der Waals surface area contributed by atoms with Crippen LogP contribution in [0.2, 0.25) is 0 Å². The van der Waals surface area contributed by atoms with Crippen LogP contribution in [0.4, 0.5) is 11.5 Å². The summed E-state index contributed by atoms with van der Waals surface area (Å²) in [5.41, 5.74) is 12.3. The lowest BCUT2D eigenvalue weighted by Gasteiger charge is -2.41. The first-order valence-corrected chi connectivity index (χ1v) is 14.4. The maximum atomic E-state index is 12.6. The highest BCUT2D eigenvalue weighted by Crippen LogP contribution is 2.47. The van der Waals surface area contributed by atoms with Crippen LogP contribution in [0.1, 0.15) is 48.9 Å². The van der Waals surface area contributed by atoms with Crippen LogP contribution in [-0.4, -0.2) is 69.9 Å². The standard InChI is InChI=1S/C26H37N5O4S/c1-17-16-30(11-12-31(17)22(32)10-13-35-3)26-24(27)18(2)23(25(29-26)20-8-9-20)21-7-5-6-19(14-21)15-28-36(4,33)34/h5-7,14,17,20,28H,8-13,15-16,27H2,1-4H3/t17-/m1/s1. The lowest BCUT2D eigenvalue weighted by Crippen LogP contribution is -2.54. The number of ether oxygens (including phenoxy) is 1. The predicted octanol–water partition coefficient (Wildman–Crippen LogP) is 2.64. The minimum atomic E-state index is -3.28. The van der Waals surface area contributed by atoms with Gasteiger partial charge in [0.1, 0.15) is 0 Å². The number of rotatable bonds is 9. The zero-order valence-corrected chi connectivity index (χ0v) is 22.4. The molecule has 9 nitrogen and oxygen atoms in total. The molecule has 1 aliphatic carbocycles. The summed E-state index contributed by atoms with van der Waals surface area (Å²) in [6.07, 6.45) is 3.73. The molecule has 196 valence electrons. The smallest absolute Gasteiger partial charge is 0.225 e. The van der Waals surface area contributed by atoms with Crippen molar-refractivity contribution in [1.82, 2.24) is 14.6 Å². The topological polar surface area (TPSA) is 118 Å². The molecule has 36 heavy (non-hydrogen) atoms. The number of methoxy groups -OCH3 is 1. The van der Waals surface area contributed by atoms with E-state index >= 15 is 0 Å². The third-order valence-corrected chi connectivity index (χ3v) is 7.66. The number of hydrogen-bond acceptors (Lipinski definition) is 7. The van der Waals surface area contributed by atoms with Crippen molar-refractivity contribution in [2.45, 2.75) is 51.6 Å². The number of nitrogens with two attached hydrogens (primary N) is 1. The number of amides is 1. The maximum Gasteiger partial charge on any atom is 0.225 e. The Morgan fingerprint density at radius 3 is 2.67 bits per heavy atom. The number of carbonyl (C=O) groups is 1. The Bertz CT molecular complexity index is 1230. The number of benzene rings is 1. The molecule has 2 aliphatic rings. The summed E-state index contributed by atoms with van der Waals surface area (Å²) in [6.45, 7) is 6.73. The van der Waals surface area contributed by atoms with E-state index in [1.165, 1.54) is 0 Å². The van der Waals surface area contributed by atoms with E-state index < -0.39 is 10.0 Å². The summed E-state index contributed by atoms with van der Waals surface area (Å²) in [6, 6.07) is 7.95. The van der Waals surface area contributed by atoms with Gasteiger partial charge in [-0.15, -0.1) is 0 Å². The third kappa shape index (κ3) is 5.99. The summed E-state index contributed by atoms with van der Waals surface area (Å²) in [5.74, 6) is 1.30. The normalized spacial score (nSPS) is 18.5. The number of piperazine rings is 1. The molecule has 3 N–H and O–H groups in total. The number of nitrogen functional groups attached to an aromatic ring is 1. The van der Waals surface area contributed by atoms with Gasteiger partial charge in [-0.25, -0.2) is 18.1 Å². The number of sulfonamides is 1. The number of aromatic nitrogens is 1. The Labute approximate surface area is 214 Å². The summed E-state index contributed by atoms with van der Waals surface area (Å²) in [7, 11) is -1.68. The van der Waals surface area contributed by atoms with Gasteiger partial charge in [0, 0.05) is 50.8 Å². The van der Waals surface area contributed by atoms with Gasteiger partial charge in [-0.3, -0.25) is 4.79 Å². The molecule has 0 bridgehead atoms. The lowest BCUT2D eigenvalue weighted by atomic mass is 9.94. The quantitative estimate of drug-likeness (QED) is 0.527. The first kappa shape index (κ1) is 26.4. The molecule has 1 amide bonds. The third-order valence-electron chi connectivity index (χ3n) is 6.99. The molecule has 0 radical (unpaired) electrons. The van der Waals surface area contributed by atoms with E-state index in [0.29, 0.717) is 44.3 Å². The Morgan fingerprint density at radius 1 is 1.28 bits per heavy atom. The van der Waals surface area contributed by atoms with Crippen LogP contribution in [0, 0.1) is 6.92 Å². The number of carbonyl (C=O) groups excluding carboxylic acids is 1. The van der Waals surface area contributed by atoms with Crippen molar-refractivity contribution in [2.75, 3.05) is 50.2 Å². The van der Waals surface area contributed by atoms with E-state index in [4.69, 9.17) is 15.5 Å². The van der Waals surface area contributed by atoms with Gasteiger partial charge in [-0.2, -0.15) is 0 Å². The molecule has 0 unspecified atom stereocenters. The molecule has 1 saturated carbocycles. The van der Waals surface area contributed by atoms with Crippen molar-refractivity contribution < 1.29 is 17.9 Å². The minimum Gasteiger partial charge on any atom is -0.396 e. The van der Waals surface area contributed by atoms with E-state index in [2.05, 4.69) is 16.5 Å². The Morgan fingerprint density at radius 2 is 2.03 bits per heavy atom. The van der Waals surface area contributed by atoms with Crippen LogP contribution in [0.15, 0.2) is 24.3 Å². The monoisotopic (exact) mass is 515 g/mol. The van der Waals surface area contributed by atoms with E-state index in [-0.39, 0.29) is 18.5 Å². The van der Waals surface area contributed by atoms with E-state index in [1.54, 1.807) is 7.11 Å². The van der Waals surface area contributed by atoms with Gasteiger partial charge in [0.05, 0.1) is 30.7 Å². The SMILES string of the molecule is COCCC(=O)N1CCN(c2nc(C3CC3)c(-c3cccc(CNS(C)(=O)=O)c3)c(C)c2N)C[C@H]1C. The number of pyridine rings is 1. The molecule has 2 heterocycles. The van der Waals surface area contributed by atoms with Gasteiger partial charge in [0.15, 0.2) is 5.82 Å². The number of hydrogen-bond donors (Lipinski definition) is 2. The maximum absolute atomic E-state index is 12.6. The molecule has 1 saturated heterocycles. The van der Waals surface area contributed by atoms with Crippen LogP contribution in [0.3, 0.4) is 0 Å². The Kier molecular flexibility index (Phi) is 7.87. The van der Waals surface area contributed by atoms with Crippen LogP contribution < -0.4 is 15.4 Å². The van der Waals surface area contributed by atoms with E-state index in [0.717, 1.165) is 52.9 Å². The van der Waals surface area contributed by atoms with Crippen LogP contribution in [0.25, 0.3) is 11.1 Å². The second kappa shape index (κ2) is 10.7. The predicted molar refractivity (Wildman–Crippen MR) is 142 cm³/mol. The molecular weight excluding hydrogens is 478 g/mol. The zero-order chi connectivity index (χ0) is 26.0. The highest BCUT2D eigenvalue weighted by molar-refractivity contribution is 7.88. The second-order valence-electron chi connectivity index (χ2n) is 9.93. The van der Waals surface area contributed by atoms with Crippen LogP contribution >= 0.6 is 0 Å². The molecule has 2 fully saturated rings. The fourth-order valence-corrected chi connectivity index (χ4v) is 5.32. The van der Waals surface area contributed by atoms with Gasteiger partial charge in [0.25, 0.3) is 0 Å². The Hall–Kier alpha value is -2.69. The summed E-state index contributed by atoms with van der Waals surface area (Å²) < 4.78 is 30.7. The first-order valence-electron chi connectivity index (χ1n) is 12.5. The molecule has 10 heteroatoms. The van der Waals surface area contributed by atoms with Gasteiger partial charge in [-0.1, -0.05) is 18.2 Å². The van der Waals surface area contributed by atoms with Crippen molar-refractivity contribution in [3.05, 3.63) is 41.1 Å². The molecular formula is C26H37N5O4S. The van der Waals surface area contributed by atoms with Crippen LogP contribution in [-0.2, 0) is 26.1 Å². The van der Waals surface area contributed by atoms with E-state index in [9.17, 15) is 13.2 Å². The average Bonchev–Trinajstić information content (AvgIpc) is 3.68. The molecule has 1 atom stereocenters. The van der Waals surface area contributed by atoms with Crippen molar-refractivity contribution in [3.63, 3.8) is 0 Å². The van der Waals surface area contributed by atoms with Gasteiger partial charge in [-0.05, 0) is 49.4 Å². The highest BCUT2D eigenvalue weighted by Gasteiger charge is 2.34. The second-order valence-corrected chi connectivity index (χ2v) is 11.8. The highest BCUT2D eigenvalue weighted by atomic mass is 32.2. The molecule has 0 spiro atoms. The van der Waals surface area contributed by atoms with Crippen molar-refractivity contribution in [2.24, 2.45) is 0 Å². The molecule has 4 rings (SSSR count).